The first-order valence-electron chi connectivity index (χ1n) is 7.19. The van der Waals surface area contributed by atoms with Gasteiger partial charge in [-0.1, -0.05) is 11.6 Å². The first kappa shape index (κ1) is 16.1. The van der Waals surface area contributed by atoms with Crippen molar-refractivity contribution in [2.45, 2.75) is 25.3 Å². The predicted molar refractivity (Wildman–Crippen MR) is 85.6 cm³/mol. The lowest BCUT2D eigenvalue weighted by molar-refractivity contribution is -0.116. The summed E-state index contributed by atoms with van der Waals surface area (Å²) in [5.41, 5.74) is 6.81. The van der Waals surface area contributed by atoms with Crippen molar-refractivity contribution in [3.8, 4) is 0 Å². The number of nitrogens with zero attached hydrogens (tertiary/aromatic N) is 1. The number of hydrogen-bond acceptors (Lipinski definition) is 4. The average molecular weight is 312 g/mol. The van der Waals surface area contributed by atoms with Gasteiger partial charge in [0.15, 0.2) is 0 Å². The molecule has 0 spiro atoms. The zero-order valence-electron chi connectivity index (χ0n) is 12.3. The van der Waals surface area contributed by atoms with Gasteiger partial charge >= 0.3 is 0 Å². The van der Waals surface area contributed by atoms with Crippen molar-refractivity contribution in [3.05, 3.63) is 23.2 Å². The molecule has 1 aromatic rings. The second-order valence-electron chi connectivity index (χ2n) is 5.39. The van der Waals surface area contributed by atoms with Crippen LogP contribution in [0.3, 0.4) is 0 Å². The van der Waals surface area contributed by atoms with Crippen molar-refractivity contribution in [1.29, 1.82) is 0 Å². The maximum Gasteiger partial charge on any atom is 0.224 e. The summed E-state index contributed by atoms with van der Waals surface area (Å²) < 4.78 is 5.36. The molecule has 1 aromatic carbocycles. The van der Waals surface area contributed by atoms with Crippen molar-refractivity contribution in [2.75, 3.05) is 37.9 Å². The van der Waals surface area contributed by atoms with Crippen molar-refractivity contribution < 1.29 is 9.53 Å². The van der Waals surface area contributed by atoms with Gasteiger partial charge in [-0.3, -0.25) is 4.79 Å². The molecule has 0 radical (unpaired) electrons. The molecule has 21 heavy (non-hydrogen) atoms. The molecule has 0 aromatic heterocycles. The van der Waals surface area contributed by atoms with Crippen molar-refractivity contribution >= 4 is 28.9 Å². The fourth-order valence-corrected chi connectivity index (χ4v) is 2.62. The lowest BCUT2D eigenvalue weighted by Crippen LogP contribution is -2.33. The zero-order valence-corrected chi connectivity index (χ0v) is 13.0. The van der Waals surface area contributed by atoms with Crippen molar-refractivity contribution in [3.63, 3.8) is 0 Å². The Labute approximate surface area is 130 Å². The molecule has 0 bridgehead atoms. The Hall–Kier alpha value is -1.30. The van der Waals surface area contributed by atoms with Crippen LogP contribution in [0.1, 0.15) is 19.3 Å². The highest BCUT2D eigenvalue weighted by Crippen LogP contribution is 2.24. The first-order valence-corrected chi connectivity index (χ1v) is 7.57. The Morgan fingerprint density at radius 3 is 3.05 bits per heavy atom. The number of nitrogens with two attached hydrogens (primary N) is 1. The van der Waals surface area contributed by atoms with Gasteiger partial charge in [-0.25, -0.2) is 0 Å². The van der Waals surface area contributed by atoms with Gasteiger partial charge in [-0.2, -0.15) is 0 Å². The van der Waals surface area contributed by atoms with Gasteiger partial charge in [-0.05, 0) is 44.6 Å². The lowest BCUT2D eigenvalue weighted by atomic mass is 10.2. The fraction of sp³-hybridized carbons (Fsp3) is 0.533. The second kappa shape index (κ2) is 7.64. The Balaban J connectivity index is 1.72. The first-order chi connectivity index (χ1) is 10.1. The number of nitrogens with one attached hydrogen (secondary N) is 1. The predicted octanol–water partition coefficient (Wildman–Crippen LogP) is 2.36. The lowest BCUT2D eigenvalue weighted by Gasteiger charge is -2.22. The van der Waals surface area contributed by atoms with Crippen LogP contribution in [0.25, 0.3) is 0 Å². The molecule has 6 heteroatoms. The van der Waals surface area contributed by atoms with E-state index in [0.29, 0.717) is 28.9 Å². The minimum atomic E-state index is -0.0299. The van der Waals surface area contributed by atoms with Crippen LogP contribution in [0.2, 0.25) is 5.02 Å². The molecule has 2 rings (SSSR count). The van der Waals surface area contributed by atoms with Crippen LogP contribution in [0.5, 0.6) is 0 Å². The Morgan fingerprint density at radius 1 is 1.57 bits per heavy atom. The molecule has 5 nitrogen and oxygen atoms in total. The number of ether oxygens (including phenoxy) is 1. The number of rotatable bonds is 6. The minimum Gasteiger partial charge on any atom is -0.399 e. The number of carbonyl (C=O) groups is 1. The summed E-state index contributed by atoms with van der Waals surface area (Å²) in [6, 6.07) is 5.55. The highest BCUT2D eigenvalue weighted by Gasteiger charge is 2.19. The molecule has 1 atom stereocenters. The summed E-state index contributed by atoms with van der Waals surface area (Å²) in [6.45, 7) is 2.52. The molecule has 1 aliphatic heterocycles. The van der Waals surface area contributed by atoms with Crippen LogP contribution in [-0.2, 0) is 9.53 Å². The van der Waals surface area contributed by atoms with E-state index in [9.17, 15) is 4.79 Å². The van der Waals surface area contributed by atoms with E-state index in [2.05, 4.69) is 17.3 Å². The Kier molecular flexibility index (Phi) is 5.85. The van der Waals surface area contributed by atoms with Crippen molar-refractivity contribution in [1.82, 2.24) is 4.90 Å². The number of benzene rings is 1. The molecule has 1 heterocycles. The molecule has 116 valence electrons. The average Bonchev–Trinajstić information content (AvgIpc) is 2.96. The molecule has 3 N–H and O–H groups in total. The molecule has 1 fully saturated rings. The number of amides is 1. The van der Waals surface area contributed by atoms with Gasteiger partial charge in [0.1, 0.15) is 0 Å². The number of hydrogen-bond donors (Lipinski definition) is 2. The van der Waals surface area contributed by atoms with Crippen LogP contribution in [-0.4, -0.2) is 43.7 Å². The van der Waals surface area contributed by atoms with E-state index < -0.39 is 0 Å². The van der Waals surface area contributed by atoms with Crippen LogP contribution in [0.15, 0.2) is 18.2 Å². The van der Waals surface area contributed by atoms with Gasteiger partial charge in [0.2, 0.25) is 5.91 Å². The summed E-state index contributed by atoms with van der Waals surface area (Å²) in [5.74, 6) is -0.0299. The SMILES string of the molecule is CN(CCCC(=O)Nc1ccc(N)cc1Cl)C1CCOC1. The Bertz CT molecular complexity index is 490. The van der Waals surface area contributed by atoms with Gasteiger partial charge in [-0.15, -0.1) is 0 Å². The van der Waals surface area contributed by atoms with Crippen LogP contribution in [0.4, 0.5) is 11.4 Å². The maximum atomic E-state index is 11.9. The molecule has 0 aliphatic carbocycles. The minimum absolute atomic E-state index is 0.0299. The summed E-state index contributed by atoms with van der Waals surface area (Å²) >= 11 is 6.03. The van der Waals surface area contributed by atoms with Crippen LogP contribution >= 0.6 is 11.6 Å². The number of nitrogen functional groups attached to an aromatic ring is 1. The van der Waals surface area contributed by atoms with Crippen molar-refractivity contribution in [2.24, 2.45) is 0 Å². The quantitative estimate of drug-likeness (QED) is 0.791. The maximum absolute atomic E-state index is 11.9. The number of likely N-dealkylation sites (N-methyl/N-ethyl adjacent to an activating group) is 1. The van der Waals surface area contributed by atoms with E-state index >= 15 is 0 Å². The molecule has 1 unspecified atom stereocenters. The molecular weight excluding hydrogens is 290 g/mol. The molecule has 0 saturated carbocycles. The topological polar surface area (TPSA) is 67.6 Å². The summed E-state index contributed by atoms with van der Waals surface area (Å²) in [6.07, 6.45) is 2.35. The monoisotopic (exact) mass is 311 g/mol. The van der Waals surface area contributed by atoms with E-state index in [1.54, 1.807) is 18.2 Å². The van der Waals surface area contributed by atoms with E-state index in [1.165, 1.54) is 0 Å². The van der Waals surface area contributed by atoms with E-state index in [4.69, 9.17) is 22.1 Å². The van der Waals surface area contributed by atoms with Gasteiger partial charge < -0.3 is 20.7 Å². The third-order valence-electron chi connectivity index (χ3n) is 3.71. The highest BCUT2D eigenvalue weighted by molar-refractivity contribution is 6.34. The molecular formula is C15H22ClN3O2. The molecule has 1 saturated heterocycles. The van der Waals surface area contributed by atoms with Crippen LogP contribution in [0, 0.1) is 0 Å². The van der Waals surface area contributed by atoms with Crippen LogP contribution < -0.4 is 11.1 Å². The van der Waals surface area contributed by atoms with Gasteiger partial charge in [0.05, 0.1) is 17.3 Å². The normalized spacial score (nSPS) is 18.1. The summed E-state index contributed by atoms with van der Waals surface area (Å²) in [5, 5.41) is 3.27. The molecule has 1 amide bonds. The Morgan fingerprint density at radius 2 is 2.38 bits per heavy atom. The zero-order chi connectivity index (χ0) is 15.2. The van der Waals surface area contributed by atoms with E-state index in [0.717, 1.165) is 32.6 Å². The fourth-order valence-electron chi connectivity index (χ4n) is 2.39. The molecule has 1 aliphatic rings. The number of carbonyl (C=O) groups excluding carboxylic acids is 1. The standard InChI is InChI=1S/C15H22ClN3O2/c1-19(12-6-8-21-10-12)7-2-3-15(20)18-14-5-4-11(17)9-13(14)16/h4-5,9,12H,2-3,6-8,10,17H2,1H3,(H,18,20). The summed E-state index contributed by atoms with van der Waals surface area (Å²) in [7, 11) is 2.08. The third-order valence-corrected chi connectivity index (χ3v) is 4.02. The highest BCUT2D eigenvalue weighted by atomic mass is 35.5. The largest absolute Gasteiger partial charge is 0.399 e. The second-order valence-corrected chi connectivity index (χ2v) is 5.80. The van der Waals surface area contributed by atoms with Gasteiger partial charge in [0.25, 0.3) is 0 Å². The number of halogens is 1. The smallest absolute Gasteiger partial charge is 0.224 e. The van der Waals surface area contributed by atoms with E-state index in [-0.39, 0.29) is 5.91 Å². The van der Waals surface area contributed by atoms with Gasteiger partial charge in [0, 0.05) is 24.8 Å². The number of anilines is 2. The summed E-state index contributed by atoms with van der Waals surface area (Å²) in [4.78, 5) is 14.2. The van der Waals surface area contributed by atoms with E-state index in [1.807, 2.05) is 0 Å². The third kappa shape index (κ3) is 4.88.